The number of benzene rings is 1. The van der Waals surface area contributed by atoms with Crippen LogP contribution in [0.1, 0.15) is 29.8 Å². The summed E-state index contributed by atoms with van der Waals surface area (Å²) in [5, 5.41) is 1.49. The number of fused-ring (bicyclic) bond motifs is 2. The molecule has 2 aliphatic carbocycles. The van der Waals surface area contributed by atoms with Gasteiger partial charge >= 0.3 is 0 Å². The predicted molar refractivity (Wildman–Crippen MR) is 69.9 cm³/mol. The van der Waals surface area contributed by atoms with E-state index < -0.39 is 0 Å². The SMILES string of the molecule is O=C(c1cc2cccc(Cl)c2o1)C1C2CCCC21. The van der Waals surface area contributed by atoms with Crippen molar-refractivity contribution in [3.63, 3.8) is 0 Å². The molecule has 0 saturated heterocycles. The van der Waals surface area contributed by atoms with Gasteiger partial charge in [0.05, 0.1) is 5.02 Å². The Morgan fingerprint density at radius 1 is 1.28 bits per heavy atom. The fraction of sp³-hybridized carbons (Fsp3) is 0.400. The van der Waals surface area contributed by atoms with Gasteiger partial charge in [-0.3, -0.25) is 4.79 Å². The fourth-order valence-electron chi connectivity index (χ4n) is 3.52. The molecule has 4 rings (SSSR count). The summed E-state index contributed by atoms with van der Waals surface area (Å²) in [7, 11) is 0. The van der Waals surface area contributed by atoms with Crippen molar-refractivity contribution >= 4 is 28.4 Å². The van der Waals surface area contributed by atoms with Gasteiger partial charge in [0.25, 0.3) is 0 Å². The van der Waals surface area contributed by atoms with Crippen LogP contribution in [0, 0.1) is 17.8 Å². The van der Waals surface area contributed by atoms with Crippen LogP contribution in [-0.2, 0) is 0 Å². The molecule has 3 heteroatoms. The summed E-state index contributed by atoms with van der Waals surface area (Å²) in [5.41, 5.74) is 0.633. The largest absolute Gasteiger partial charge is 0.451 e. The van der Waals surface area contributed by atoms with Crippen LogP contribution in [0.2, 0.25) is 5.02 Å². The highest BCUT2D eigenvalue weighted by Crippen LogP contribution is 2.58. The number of para-hydroxylation sites is 1. The average Bonchev–Trinajstić information content (AvgIpc) is 2.79. The van der Waals surface area contributed by atoms with Gasteiger partial charge in [-0.1, -0.05) is 30.2 Å². The van der Waals surface area contributed by atoms with Crippen LogP contribution in [-0.4, -0.2) is 5.78 Å². The van der Waals surface area contributed by atoms with Gasteiger partial charge in [0.1, 0.15) is 0 Å². The Labute approximate surface area is 110 Å². The number of Topliss-reactive ketones (excluding diaryl/α,β-unsaturated/α-hetero) is 1. The number of carbonyl (C=O) groups is 1. The van der Waals surface area contributed by atoms with Gasteiger partial charge in [0, 0.05) is 11.3 Å². The molecule has 2 nitrogen and oxygen atoms in total. The maximum Gasteiger partial charge on any atom is 0.201 e. The molecule has 2 aromatic rings. The lowest BCUT2D eigenvalue weighted by Crippen LogP contribution is -2.04. The quantitative estimate of drug-likeness (QED) is 0.753. The summed E-state index contributed by atoms with van der Waals surface area (Å²) in [4.78, 5) is 12.4. The van der Waals surface area contributed by atoms with Gasteiger partial charge < -0.3 is 4.42 Å². The fourth-order valence-corrected chi connectivity index (χ4v) is 3.74. The molecule has 2 aliphatic rings. The third kappa shape index (κ3) is 1.39. The Morgan fingerprint density at radius 3 is 2.78 bits per heavy atom. The van der Waals surface area contributed by atoms with E-state index in [0.717, 1.165) is 5.39 Å². The van der Waals surface area contributed by atoms with Gasteiger partial charge in [-0.25, -0.2) is 0 Å². The number of ketones is 1. The van der Waals surface area contributed by atoms with E-state index in [9.17, 15) is 4.79 Å². The van der Waals surface area contributed by atoms with Crippen LogP contribution >= 0.6 is 11.6 Å². The number of halogens is 1. The molecule has 0 aliphatic heterocycles. The van der Waals surface area contributed by atoms with Gasteiger partial charge in [0.2, 0.25) is 5.78 Å². The summed E-state index contributed by atoms with van der Waals surface area (Å²) in [6.07, 6.45) is 3.70. The molecule has 0 radical (unpaired) electrons. The molecule has 1 aromatic heterocycles. The summed E-state index contributed by atoms with van der Waals surface area (Å²) in [6.45, 7) is 0. The van der Waals surface area contributed by atoms with Crippen LogP contribution in [0.15, 0.2) is 28.7 Å². The van der Waals surface area contributed by atoms with Crippen LogP contribution in [0.3, 0.4) is 0 Å². The molecular formula is C15H13ClO2. The normalized spacial score (nSPS) is 29.5. The standard InChI is InChI=1S/C15H13ClO2/c16-11-6-1-3-8-7-12(18-15(8)11)14(17)13-9-4-2-5-10(9)13/h1,3,6-7,9-10,13H,2,4-5H2. The smallest absolute Gasteiger partial charge is 0.201 e. The minimum absolute atomic E-state index is 0.178. The second kappa shape index (κ2) is 3.61. The molecule has 18 heavy (non-hydrogen) atoms. The lowest BCUT2D eigenvalue weighted by molar-refractivity contribution is 0.0926. The Morgan fingerprint density at radius 2 is 2.06 bits per heavy atom. The highest BCUT2D eigenvalue weighted by molar-refractivity contribution is 6.34. The Balaban J connectivity index is 1.71. The first-order valence-corrected chi connectivity index (χ1v) is 6.86. The summed E-state index contributed by atoms with van der Waals surface area (Å²) in [5.74, 6) is 2.13. The van der Waals surface area contributed by atoms with Crippen molar-refractivity contribution in [1.29, 1.82) is 0 Å². The zero-order valence-corrected chi connectivity index (χ0v) is 10.6. The van der Waals surface area contributed by atoms with Crippen LogP contribution in [0.25, 0.3) is 11.0 Å². The summed E-state index contributed by atoms with van der Waals surface area (Å²) >= 11 is 6.06. The zero-order chi connectivity index (χ0) is 12.3. The Hall–Kier alpha value is -1.28. The third-order valence-corrected chi connectivity index (χ3v) is 4.75. The van der Waals surface area contributed by atoms with E-state index in [1.807, 2.05) is 18.2 Å². The predicted octanol–water partition coefficient (Wildman–Crippen LogP) is 4.32. The van der Waals surface area contributed by atoms with Gasteiger partial charge in [-0.15, -0.1) is 0 Å². The first kappa shape index (κ1) is 10.6. The first-order valence-electron chi connectivity index (χ1n) is 6.48. The van der Waals surface area contributed by atoms with Crippen molar-refractivity contribution in [2.24, 2.45) is 17.8 Å². The molecule has 2 unspecified atom stereocenters. The summed E-state index contributed by atoms with van der Waals surface area (Å²) in [6, 6.07) is 7.42. The van der Waals surface area contributed by atoms with E-state index in [1.54, 1.807) is 6.07 Å². The van der Waals surface area contributed by atoms with Crippen molar-refractivity contribution < 1.29 is 9.21 Å². The average molecular weight is 261 g/mol. The minimum Gasteiger partial charge on any atom is -0.451 e. The molecule has 0 amide bonds. The second-order valence-electron chi connectivity index (χ2n) is 5.42. The van der Waals surface area contributed by atoms with E-state index >= 15 is 0 Å². The number of carbonyl (C=O) groups excluding carboxylic acids is 1. The van der Waals surface area contributed by atoms with Gasteiger partial charge in [-0.2, -0.15) is 0 Å². The first-order chi connectivity index (χ1) is 8.75. The molecule has 0 N–H and O–H groups in total. The Bertz CT molecular complexity index is 633. The molecule has 2 fully saturated rings. The minimum atomic E-state index is 0.178. The third-order valence-electron chi connectivity index (χ3n) is 4.45. The summed E-state index contributed by atoms with van der Waals surface area (Å²) < 4.78 is 5.65. The second-order valence-corrected chi connectivity index (χ2v) is 5.82. The number of hydrogen-bond donors (Lipinski definition) is 0. The maximum absolute atomic E-state index is 12.4. The van der Waals surface area contributed by atoms with E-state index in [1.165, 1.54) is 19.3 Å². The lowest BCUT2D eigenvalue weighted by Gasteiger charge is -1.98. The topological polar surface area (TPSA) is 30.2 Å². The van der Waals surface area contributed by atoms with E-state index in [4.69, 9.17) is 16.0 Å². The molecule has 2 saturated carbocycles. The molecule has 0 spiro atoms. The van der Waals surface area contributed by atoms with E-state index in [-0.39, 0.29) is 11.7 Å². The number of rotatable bonds is 2. The van der Waals surface area contributed by atoms with Crippen LogP contribution in [0.5, 0.6) is 0 Å². The van der Waals surface area contributed by atoms with Crippen molar-refractivity contribution in [1.82, 2.24) is 0 Å². The highest BCUT2D eigenvalue weighted by Gasteiger charge is 2.57. The highest BCUT2D eigenvalue weighted by atomic mass is 35.5. The van der Waals surface area contributed by atoms with Crippen molar-refractivity contribution in [2.75, 3.05) is 0 Å². The maximum atomic E-state index is 12.4. The molecule has 1 heterocycles. The van der Waals surface area contributed by atoms with Crippen molar-refractivity contribution in [3.05, 3.63) is 35.0 Å². The number of furan rings is 1. The van der Waals surface area contributed by atoms with Gasteiger partial charge in [0.15, 0.2) is 11.3 Å². The molecular weight excluding hydrogens is 248 g/mol. The molecule has 2 atom stereocenters. The van der Waals surface area contributed by atoms with Gasteiger partial charge in [-0.05, 0) is 36.8 Å². The monoisotopic (exact) mass is 260 g/mol. The lowest BCUT2D eigenvalue weighted by atomic mass is 10.1. The number of hydrogen-bond acceptors (Lipinski definition) is 2. The molecule has 0 bridgehead atoms. The van der Waals surface area contributed by atoms with E-state index in [0.29, 0.717) is 28.2 Å². The van der Waals surface area contributed by atoms with Crippen LogP contribution < -0.4 is 0 Å². The van der Waals surface area contributed by atoms with Crippen molar-refractivity contribution in [2.45, 2.75) is 19.3 Å². The Kier molecular flexibility index (Phi) is 2.13. The van der Waals surface area contributed by atoms with Crippen LogP contribution in [0.4, 0.5) is 0 Å². The molecule has 1 aromatic carbocycles. The van der Waals surface area contributed by atoms with E-state index in [2.05, 4.69) is 0 Å². The molecule has 92 valence electrons. The zero-order valence-electron chi connectivity index (χ0n) is 9.86. The van der Waals surface area contributed by atoms with Crippen molar-refractivity contribution in [3.8, 4) is 0 Å².